The normalized spacial score (nSPS) is 15.3. The number of aliphatic hydroxyl groups excluding tert-OH is 1. The number of carbonyl (C=O) groups is 2. The van der Waals surface area contributed by atoms with Gasteiger partial charge in [0.15, 0.2) is 5.78 Å². The largest absolute Gasteiger partial charge is 0.395 e. The van der Waals surface area contributed by atoms with Gasteiger partial charge in [-0.1, -0.05) is 12.1 Å². The van der Waals surface area contributed by atoms with Crippen molar-refractivity contribution in [3.63, 3.8) is 0 Å². The monoisotopic (exact) mass is 356 g/mol. The van der Waals surface area contributed by atoms with Gasteiger partial charge in [-0.3, -0.25) is 19.2 Å². The Balaban J connectivity index is 1.80. The number of nitrogens with zero attached hydrogens (tertiary/aromatic N) is 4. The van der Waals surface area contributed by atoms with Crippen LogP contribution in [0.2, 0.25) is 0 Å². The summed E-state index contributed by atoms with van der Waals surface area (Å²) < 4.78 is 1.56. The Morgan fingerprint density at radius 2 is 1.92 bits per heavy atom. The van der Waals surface area contributed by atoms with Crippen LogP contribution in [0.4, 0.5) is 0 Å². The Morgan fingerprint density at radius 1 is 1.19 bits per heavy atom. The van der Waals surface area contributed by atoms with E-state index in [4.69, 9.17) is 5.11 Å². The van der Waals surface area contributed by atoms with Crippen LogP contribution in [0.15, 0.2) is 30.5 Å². The third-order valence-corrected chi connectivity index (χ3v) is 4.77. The van der Waals surface area contributed by atoms with Crippen LogP contribution in [0.1, 0.15) is 27.8 Å². The van der Waals surface area contributed by atoms with Crippen molar-refractivity contribution >= 4 is 11.7 Å². The molecule has 3 rings (SSSR count). The van der Waals surface area contributed by atoms with E-state index in [0.717, 1.165) is 24.2 Å². The molecule has 7 nitrogen and oxygen atoms in total. The molecular formula is C19H24N4O3. The van der Waals surface area contributed by atoms with Crippen LogP contribution in [-0.2, 0) is 7.05 Å². The lowest BCUT2D eigenvalue weighted by Crippen LogP contribution is -2.49. The van der Waals surface area contributed by atoms with Gasteiger partial charge in [0.05, 0.1) is 12.8 Å². The van der Waals surface area contributed by atoms with Crippen molar-refractivity contribution in [2.75, 3.05) is 39.3 Å². The molecule has 1 aliphatic rings. The minimum Gasteiger partial charge on any atom is -0.395 e. The molecule has 26 heavy (non-hydrogen) atoms. The molecule has 0 spiro atoms. The van der Waals surface area contributed by atoms with Gasteiger partial charge in [0.1, 0.15) is 5.69 Å². The van der Waals surface area contributed by atoms with Crippen LogP contribution in [0.5, 0.6) is 0 Å². The van der Waals surface area contributed by atoms with Gasteiger partial charge >= 0.3 is 0 Å². The number of carbonyl (C=O) groups excluding carboxylic acids is 2. The predicted molar refractivity (Wildman–Crippen MR) is 98.1 cm³/mol. The van der Waals surface area contributed by atoms with Gasteiger partial charge in [0.25, 0.3) is 5.91 Å². The number of aliphatic hydroxyl groups is 1. The van der Waals surface area contributed by atoms with E-state index in [0.29, 0.717) is 30.9 Å². The fourth-order valence-electron chi connectivity index (χ4n) is 3.38. The molecule has 7 heteroatoms. The van der Waals surface area contributed by atoms with Crippen LogP contribution in [0.3, 0.4) is 0 Å². The van der Waals surface area contributed by atoms with Gasteiger partial charge in [-0.05, 0) is 17.7 Å². The Bertz CT molecular complexity index is 807. The summed E-state index contributed by atoms with van der Waals surface area (Å²) in [7, 11) is 1.74. The van der Waals surface area contributed by atoms with E-state index in [1.807, 2.05) is 23.1 Å². The first-order valence-corrected chi connectivity index (χ1v) is 8.77. The van der Waals surface area contributed by atoms with E-state index >= 15 is 0 Å². The number of Topliss-reactive ketones (excluding diaryl/α,β-unsaturated/α-hetero) is 1. The Kier molecular flexibility index (Phi) is 5.49. The van der Waals surface area contributed by atoms with E-state index in [-0.39, 0.29) is 18.3 Å². The maximum absolute atomic E-state index is 12.8. The predicted octanol–water partition coefficient (Wildman–Crippen LogP) is 1.04. The Hall–Kier alpha value is -2.51. The number of β-amino-alcohol motifs (C(OH)–C–C–N with tert-alkyl or cyclic N) is 1. The molecule has 0 radical (unpaired) electrons. The smallest absolute Gasteiger partial charge is 0.253 e. The number of aromatic nitrogens is 2. The molecule has 1 saturated heterocycles. The van der Waals surface area contributed by atoms with Gasteiger partial charge < -0.3 is 10.0 Å². The van der Waals surface area contributed by atoms with E-state index in [1.54, 1.807) is 24.0 Å². The van der Waals surface area contributed by atoms with Crippen LogP contribution in [0.25, 0.3) is 11.1 Å². The van der Waals surface area contributed by atoms with Crippen molar-refractivity contribution in [1.82, 2.24) is 19.6 Å². The Labute approximate surface area is 152 Å². The second-order valence-corrected chi connectivity index (χ2v) is 6.52. The fraction of sp³-hybridized carbons (Fsp3) is 0.421. The van der Waals surface area contributed by atoms with Crippen molar-refractivity contribution in [1.29, 1.82) is 0 Å². The van der Waals surface area contributed by atoms with Crippen LogP contribution in [0, 0.1) is 0 Å². The third kappa shape index (κ3) is 3.68. The quantitative estimate of drug-likeness (QED) is 0.810. The molecule has 1 N–H and O–H groups in total. The number of piperazine rings is 1. The lowest BCUT2D eigenvalue weighted by molar-refractivity contribution is 0.0615. The summed E-state index contributed by atoms with van der Waals surface area (Å²) in [6.07, 6.45) is 1.66. The maximum atomic E-state index is 12.8. The highest BCUT2D eigenvalue weighted by Gasteiger charge is 2.22. The SMILES string of the molecule is CC(=O)c1c(-c2cccc(C(=O)N3CCN(CCO)CC3)c2)cnn1C. The Morgan fingerprint density at radius 3 is 2.58 bits per heavy atom. The molecular weight excluding hydrogens is 332 g/mol. The van der Waals surface area contributed by atoms with E-state index in [9.17, 15) is 9.59 Å². The average Bonchev–Trinajstić information content (AvgIpc) is 3.04. The molecule has 2 heterocycles. The molecule has 0 aliphatic carbocycles. The number of hydrogen-bond donors (Lipinski definition) is 1. The second-order valence-electron chi connectivity index (χ2n) is 6.52. The zero-order valence-corrected chi connectivity index (χ0v) is 15.2. The van der Waals surface area contributed by atoms with E-state index in [2.05, 4.69) is 10.00 Å². The highest BCUT2D eigenvalue weighted by atomic mass is 16.3. The molecule has 1 aromatic heterocycles. The van der Waals surface area contributed by atoms with Crippen molar-refractivity contribution in [3.8, 4) is 11.1 Å². The number of aryl methyl sites for hydroxylation is 1. The summed E-state index contributed by atoms with van der Waals surface area (Å²) in [5.41, 5.74) is 2.69. The van der Waals surface area contributed by atoms with Crippen molar-refractivity contribution < 1.29 is 14.7 Å². The van der Waals surface area contributed by atoms with Crippen molar-refractivity contribution in [3.05, 3.63) is 41.7 Å². The highest BCUT2D eigenvalue weighted by molar-refractivity contribution is 6.00. The highest BCUT2D eigenvalue weighted by Crippen LogP contribution is 2.25. The lowest BCUT2D eigenvalue weighted by atomic mass is 10.0. The van der Waals surface area contributed by atoms with Crippen molar-refractivity contribution in [2.45, 2.75) is 6.92 Å². The number of benzene rings is 1. The zero-order chi connectivity index (χ0) is 18.7. The maximum Gasteiger partial charge on any atom is 0.253 e. The van der Waals surface area contributed by atoms with E-state index in [1.165, 1.54) is 6.92 Å². The van der Waals surface area contributed by atoms with Crippen LogP contribution in [-0.4, -0.2) is 75.7 Å². The second kappa shape index (κ2) is 7.80. The van der Waals surface area contributed by atoms with E-state index < -0.39 is 0 Å². The summed E-state index contributed by atoms with van der Waals surface area (Å²) in [5.74, 6) is -0.0690. The molecule has 1 fully saturated rings. The van der Waals surface area contributed by atoms with Gasteiger partial charge in [-0.2, -0.15) is 5.10 Å². The molecule has 2 aromatic rings. The molecule has 0 bridgehead atoms. The molecule has 1 amide bonds. The average molecular weight is 356 g/mol. The number of ketones is 1. The minimum absolute atomic E-state index is 0.0104. The summed E-state index contributed by atoms with van der Waals surface area (Å²) in [4.78, 5) is 28.7. The van der Waals surface area contributed by atoms with Crippen LogP contribution >= 0.6 is 0 Å². The number of amides is 1. The van der Waals surface area contributed by atoms with Gasteiger partial charge in [-0.25, -0.2) is 0 Å². The number of rotatable bonds is 5. The first-order valence-electron chi connectivity index (χ1n) is 8.77. The van der Waals surface area contributed by atoms with Gasteiger partial charge in [-0.15, -0.1) is 0 Å². The molecule has 138 valence electrons. The van der Waals surface area contributed by atoms with Crippen molar-refractivity contribution in [2.24, 2.45) is 7.05 Å². The standard InChI is InChI=1S/C19H24N4O3/c1-14(25)18-17(13-20-21(18)2)15-4-3-5-16(12-15)19(26)23-8-6-22(7-9-23)10-11-24/h3-5,12-13,24H,6-11H2,1-2H3. The molecule has 0 unspecified atom stereocenters. The van der Waals surface area contributed by atoms with Gasteiger partial charge in [0.2, 0.25) is 0 Å². The summed E-state index contributed by atoms with van der Waals surface area (Å²) in [6, 6.07) is 7.35. The first kappa shape index (κ1) is 18.3. The molecule has 1 aliphatic heterocycles. The topological polar surface area (TPSA) is 78.7 Å². The summed E-state index contributed by atoms with van der Waals surface area (Å²) >= 11 is 0. The number of hydrogen-bond acceptors (Lipinski definition) is 5. The fourth-order valence-corrected chi connectivity index (χ4v) is 3.38. The van der Waals surface area contributed by atoms with Gasteiger partial charge in [0, 0.05) is 57.8 Å². The molecule has 1 aromatic carbocycles. The molecule has 0 atom stereocenters. The first-order chi connectivity index (χ1) is 12.5. The third-order valence-electron chi connectivity index (χ3n) is 4.77. The lowest BCUT2D eigenvalue weighted by Gasteiger charge is -2.34. The minimum atomic E-state index is -0.0586. The molecule has 0 saturated carbocycles. The summed E-state index contributed by atoms with van der Waals surface area (Å²) in [5, 5.41) is 13.2. The zero-order valence-electron chi connectivity index (χ0n) is 15.2. The van der Waals surface area contributed by atoms with Crippen LogP contribution < -0.4 is 0 Å². The summed E-state index contributed by atoms with van der Waals surface area (Å²) in [6.45, 7) is 5.13.